The number of fused-ring (bicyclic) bond motifs is 2. The summed E-state index contributed by atoms with van der Waals surface area (Å²) in [5, 5.41) is 22.7. The first-order chi connectivity index (χ1) is 16.5. The number of carbonyl (C=O) groups excluding carboxylic acids is 1. The van der Waals surface area contributed by atoms with Crippen molar-refractivity contribution in [3.05, 3.63) is 58.3 Å². The fourth-order valence-corrected chi connectivity index (χ4v) is 5.09. The van der Waals surface area contributed by atoms with Crippen LogP contribution in [0.3, 0.4) is 0 Å². The largest absolute Gasteiger partial charge is 0.390 e. The molecule has 1 aliphatic heterocycles. The van der Waals surface area contributed by atoms with E-state index in [0.29, 0.717) is 29.1 Å². The lowest BCUT2D eigenvalue weighted by molar-refractivity contribution is -0.140. The third-order valence-electron chi connectivity index (χ3n) is 7.16. The van der Waals surface area contributed by atoms with E-state index in [-0.39, 0.29) is 17.5 Å². The highest BCUT2D eigenvalue weighted by Crippen LogP contribution is 2.46. The number of anilines is 2. The second kappa shape index (κ2) is 8.80. The van der Waals surface area contributed by atoms with Crippen molar-refractivity contribution in [1.29, 1.82) is 0 Å². The highest BCUT2D eigenvalue weighted by Gasteiger charge is 2.49. The smallest absolute Gasteiger partial charge is 0.296 e. The van der Waals surface area contributed by atoms with Crippen LogP contribution in [0.5, 0.6) is 0 Å². The van der Waals surface area contributed by atoms with Gasteiger partial charge in [-0.05, 0) is 50.5 Å². The number of ether oxygens (including phenoxy) is 1. The van der Waals surface area contributed by atoms with Crippen LogP contribution in [0.2, 0.25) is 0 Å². The summed E-state index contributed by atoms with van der Waals surface area (Å²) in [6.45, 7) is 5.98. The molecule has 0 fully saturated rings. The quantitative estimate of drug-likeness (QED) is 0.504. The molecule has 1 unspecified atom stereocenters. The Labute approximate surface area is 203 Å². The van der Waals surface area contributed by atoms with E-state index in [1.165, 1.54) is 13.2 Å². The molecule has 186 valence electrons. The maximum Gasteiger partial charge on any atom is 0.296 e. The maximum absolute atomic E-state index is 14.3. The molecule has 1 aromatic heterocycles. The summed E-state index contributed by atoms with van der Waals surface area (Å²) in [7, 11) is 3.26. The second-order valence-corrected chi connectivity index (χ2v) is 9.05. The zero-order valence-corrected chi connectivity index (χ0v) is 20.7. The minimum absolute atomic E-state index is 0.133. The lowest BCUT2D eigenvalue weighted by atomic mass is 9.90. The van der Waals surface area contributed by atoms with Crippen LogP contribution in [0.25, 0.3) is 10.8 Å². The number of aliphatic hydroxyl groups excluding tert-OH is 1. The van der Waals surface area contributed by atoms with Gasteiger partial charge in [-0.2, -0.15) is 13.9 Å². The number of alkyl halides is 2. The average Bonchev–Trinajstić information content (AvgIpc) is 3.06. The number of nitrogens with one attached hydrogen (secondary N) is 1. The van der Waals surface area contributed by atoms with E-state index in [2.05, 4.69) is 15.5 Å². The molecule has 35 heavy (non-hydrogen) atoms. The Kier molecular flexibility index (Phi) is 6.27. The Balaban J connectivity index is 1.81. The average molecular weight is 485 g/mol. The second-order valence-electron chi connectivity index (χ2n) is 9.05. The molecule has 7 nitrogen and oxygen atoms in total. The van der Waals surface area contributed by atoms with Gasteiger partial charge < -0.3 is 20.1 Å². The van der Waals surface area contributed by atoms with Crippen LogP contribution in [-0.2, 0) is 21.1 Å². The molecule has 0 radical (unpaired) electrons. The van der Waals surface area contributed by atoms with Crippen molar-refractivity contribution in [2.75, 3.05) is 31.0 Å². The van der Waals surface area contributed by atoms with Gasteiger partial charge in [-0.3, -0.25) is 4.79 Å². The summed E-state index contributed by atoms with van der Waals surface area (Å²) in [6, 6.07) is 8.11. The van der Waals surface area contributed by atoms with Gasteiger partial charge in [0, 0.05) is 36.1 Å². The number of aromatic nitrogens is 2. The number of amides is 1. The predicted molar refractivity (Wildman–Crippen MR) is 131 cm³/mol. The van der Waals surface area contributed by atoms with Gasteiger partial charge in [0.25, 0.3) is 11.8 Å². The van der Waals surface area contributed by atoms with E-state index in [1.807, 2.05) is 32.9 Å². The molecule has 3 aromatic rings. The summed E-state index contributed by atoms with van der Waals surface area (Å²) >= 11 is 0. The molecule has 0 spiro atoms. The van der Waals surface area contributed by atoms with Crippen LogP contribution >= 0.6 is 0 Å². The molecule has 1 aliphatic rings. The molecule has 2 atom stereocenters. The molecule has 2 N–H and O–H groups in total. The number of rotatable bonds is 7. The SMILES string of the molecule is CCC1(OC)C(=O)N(C)c2cc3c(N[C@H](C)c4cccc(C(F)(F)CO)c4C)nnc(C)c3cc21. The summed E-state index contributed by atoms with van der Waals surface area (Å²) in [5.41, 5.74) is 2.01. The molecule has 0 saturated heterocycles. The number of halogens is 2. The number of hydrogen-bond acceptors (Lipinski definition) is 6. The number of aliphatic hydroxyl groups is 1. The first-order valence-electron chi connectivity index (χ1n) is 11.5. The van der Waals surface area contributed by atoms with Gasteiger partial charge in [0.15, 0.2) is 11.4 Å². The lowest BCUT2D eigenvalue weighted by Crippen LogP contribution is -2.39. The fourth-order valence-electron chi connectivity index (χ4n) is 5.09. The number of carbonyl (C=O) groups is 1. The molecule has 0 bridgehead atoms. The fraction of sp³-hybridized carbons (Fsp3) is 0.423. The van der Waals surface area contributed by atoms with Gasteiger partial charge in [0.1, 0.15) is 6.61 Å². The third kappa shape index (κ3) is 3.73. The minimum Gasteiger partial charge on any atom is -0.390 e. The van der Waals surface area contributed by atoms with Crippen molar-refractivity contribution in [2.45, 2.75) is 51.7 Å². The van der Waals surface area contributed by atoms with Crippen molar-refractivity contribution < 1.29 is 23.4 Å². The number of benzene rings is 2. The molecule has 2 aromatic carbocycles. The highest BCUT2D eigenvalue weighted by atomic mass is 19.3. The molecule has 0 aliphatic carbocycles. The monoisotopic (exact) mass is 484 g/mol. The molecule has 0 saturated carbocycles. The van der Waals surface area contributed by atoms with E-state index in [4.69, 9.17) is 9.84 Å². The van der Waals surface area contributed by atoms with Crippen molar-refractivity contribution in [3.8, 4) is 0 Å². The van der Waals surface area contributed by atoms with Crippen molar-refractivity contribution in [1.82, 2.24) is 10.2 Å². The molecule has 9 heteroatoms. The summed E-state index contributed by atoms with van der Waals surface area (Å²) in [4.78, 5) is 14.7. The third-order valence-corrected chi connectivity index (χ3v) is 7.16. The number of methoxy groups -OCH3 is 1. The summed E-state index contributed by atoms with van der Waals surface area (Å²) in [5.74, 6) is -2.99. The van der Waals surface area contributed by atoms with Crippen LogP contribution < -0.4 is 10.2 Å². The minimum atomic E-state index is -3.33. The predicted octanol–water partition coefficient (Wildman–Crippen LogP) is 4.73. The van der Waals surface area contributed by atoms with E-state index in [0.717, 1.165) is 22.0 Å². The first-order valence-corrected chi connectivity index (χ1v) is 11.5. The maximum atomic E-state index is 14.3. The van der Waals surface area contributed by atoms with Gasteiger partial charge >= 0.3 is 0 Å². The lowest BCUT2D eigenvalue weighted by Gasteiger charge is -2.25. The van der Waals surface area contributed by atoms with Crippen LogP contribution in [0.15, 0.2) is 30.3 Å². The standard InChI is InChI=1S/C26H30F2N4O3/c1-7-25(35-6)21-11-18-16(4)30-31-23(19(18)12-22(21)32(5)24(25)34)29-15(3)17-9-8-10-20(14(17)2)26(27,28)13-33/h8-12,15,33H,7,13H2,1-6H3,(H,29,31)/t15-,25?/m1/s1. The van der Waals surface area contributed by atoms with E-state index in [9.17, 15) is 13.6 Å². The van der Waals surface area contributed by atoms with Crippen molar-refractivity contribution >= 4 is 28.2 Å². The van der Waals surface area contributed by atoms with Crippen LogP contribution in [0, 0.1) is 13.8 Å². The first kappa shape index (κ1) is 24.9. The highest BCUT2D eigenvalue weighted by molar-refractivity contribution is 6.10. The summed E-state index contributed by atoms with van der Waals surface area (Å²) < 4.78 is 34.2. The van der Waals surface area contributed by atoms with Crippen molar-refractivity contribution in [3.63, 3.8) is 0 Å². The zero-order chi connectivity index (χ0) is 25.7. The van der Waals surface area contributed by atoms with Gasteiger partial charge in [-0.25, -0.2) is 0 Å². The van der Waals surface area contributed by atoms with Gasteiger partial charge in [-0.1, -0.05) is 25.1 Å². The molecule has 2 heterocycles. The van der Waals surface area contributed by atoms with Crippen molar-refractivity contribution in [2.24, 2.45) is 0 Å². The van der Waals surface area contributed by atoms with E-state index < -0.39 is 18.1 Å². The number of nitrogens with zero attached hydrogens (tertiary/aromatic N) is 3. The Morgan fingerprint density at radius 3 is 2.57 bits per heavy atom. The van der Waals surface area contributed by atoms with Gasteiger partial charge in [0.05, 0.1) is 17.4 Å². The molecular formula is C26H30F2N4O3. The Hall–Kier alpha value is -3.17. The van der Waals surface area contributed by atoms with E-state index in [1.54, 1.807) is 31.0 Å². The Morgan fingerprint density at radius 1 is 1.23 bits per heavy atom. The van der Waals surface area contributed by atoms with E-state index >= 15 is 0 Å². The molecular weight excluding hydrogens is 454 g/mol. The van der Waals surface area contributed by atoms with Gasteiger partial charge in [0.2, 0.25) is 0 Å². The Morgan fingerprint density at radius 2 is 1.94 bits per heavy atom. The number of likely N-dealkylation sites (N-methyl/N-ethyl adjacent to an activating group) is 1. The van der Waals surface area contributed by atoms with Crippen LogP contribution in [0.1, 0.15) is 54.3 Å². The van der Waals surface area contributed by atoms with Crippen LogP contribution in [-0.4, -0.2) is 42.0 Å². The zero-order valence-electron chi connectivity index (χ0n) is 20.7. The normalized spacial score (nSPS) is 18.8. The Bertz CT molecular complexity index is 1310. The van der Waals surface area contributed by atoms with Gasteiger partial charge in [-0.15, -0.1) is 5.10 Å². The molecule has 1 amide bonds. The van der Waals surface area contributed by atoms with Crippen LogP contribution in [0.4, 0.5) is 20.3 Å². The number of hydrogen-bond donors (Lipinski definition) is 2. The summed E-state index contributed by atoms with van der Waals surface area (Å²) in [6.07, 6.45) is 0.485. The molecule has 4 rings (SSSR count). The topological polar surface area (TPSA) is 87.6 Å². The number of aryl methyl sites for hydroxylation is 1.